The molecule has 0 unspecified atom stereocenters. The van der Waals surface area contributed by atoms with Crippen LogP contribution in [0.1, 0.15) is 27.2 Å². The number of thioether (sulfide) groups is 1. The van der Waals surface area contributed by atoms with E-state index in [1.165, 1.54) is 11.3 Å². The Morgan fingerprint density at radius 3 is 2.50 bits per heavy atom. The molecule has 90 valence electrons. The first-order chi connectivity index (χ1) is 7.64. The molecule has 0 fully saturated rings. The summed E-state index contributed by atoms with van der Waals surface area (Å²) in [5, 5.41) is 3.53. The molecule has 1 aromatic rings. The SMILES string of the molecule is CCC(C)(C)CNCCSc1ccccc1. The Labute approximate surface area is 104 Å². The van der Waals surface area contributed by atoms with E-state index in [1.54, 1.807) is 0 Å². The monoisotopic (exact) mass is 237 g/mol. The number of benzene rings is 1. The second-order valence-electron chi connectivity index (χ2n) is 4.86. The summed E-state index contributed by atoms with van der Waals surface area (Å²) in [6.45, 7) is 9.07. The molecule has 0 aliphatic heterocycles. The zero-order valence-electron chi connectivity index (χ0n) is 10.6. The van der Waals surface area contributed by atoms with Crippen LogP contribution >= 0.6 is 11.8 Å². The van der Waals surface area contributed by atoms with Gasteiger partial charge in [-0.05, 0) is 24.0 Å². The van der Waals surface area contributed by atoms with E-state index < -0.39 is 0 Å². The lowest BCUT2D eigenvalue weighted by atomic mass is 9.90. The summed E-state index contributed by atoms with van der Waals surface area (Å²) in [6.07, 6.45) is 1.23. The van der Waals surface area contributed by atoms with E-state index in [9.17, 15) is 0 Å². The first-order valence-electron chi connectivity index (χ1n) is 6.02. The van der Waals surface area contributed by atoms with Gasteiger partial charge in [0.15, 0.2) is 0 Å². The summed E-state index contributed by atoms with van der Waals surface area (Å²) >= 11 is 1.92. The second-order valence-corrected chi connectivity index (χ2v) is 6.02. The van der Waals surface area contributed by atoms with Gasteiger partial charge in [0.2, 0.25) is 0 Å². The van der Waals surface area contributed by atoms with Crippen molar-refractivity contribution in [3.05, 3.63) is 30.3 Å². The van der Waals surface area contributed by atoms with E-state index in [4.69, 9.17) is 0 Å². The quantitative estimate of drug-likeness (QED) is 0.572. The lowest BCUT2D eigenvalue weighted by Gasteiger charge is -2.22. The van der Waals surface area contributed by atoms with E-state index in [-0.39, 0.29) is 0 Å². The molecule has 0 aromatic heterocycles. The predicted octanol–water partition coefficient (Wildman–Crippen LogP) is 3.80. The zero-order chi connectivity index (χ0) is 11.9. The molecule has 0 heterocycles. The molecule has 0 amide bonds. The molecule has 0 radical (unpaired) electrons. The lowest BCUT2D eigenvalue weighted by molar-refractivity contribution is 0.332. The van der Waals surface area contributed by atoms with E-state index >= 15 is 0 Å². The van der Waals surface area contributed by atoms with Crippen molar-refractivity contribution in [1.29, 1.82) is 0 Å². The fourth-order valence-corrected chi connectivity index (χ4v) is 2.14. The maximum Gasteiger partial charge on any atom is 0.0106 e. The van der Waals surface area contributed by atoms with Gasteiger partial charge in [0.25, 0.3) is 0 Å². The molecule has 1 N–H and O–H groups in total. The minimum atomic E-state index is 0.428. The Morgan fingerprint density at radius 1 is 1.19 bits per heavy atom. The van der Waals surface area contributed by atoms with Crippen LogP contribution in [0.2, 0.25) is 0 Å². The molecule has 1 rings (SSSR count). The van der Waals surface area contributed by atoms with Crippen molar-refractivity contribution in [3.8, 4) is 0 Å². The summed E-state index contributed by atoms with van der Waals surface area (Å²) in [5.41, 5.74) is 0.428. The largest absolute Gasteiger partial charge is 0.315 e. The van der Waals surface area contributed by atoms with Crippen molar-refractivity contribution in [2.75, 3.05) is 18.8 Å². The Kier molecular flexibility index (Phi) is 5.93. The van der Waals surface area contributed by atoms with E-state index in [2.05, 4.69) is 56.4 Å². The Hall–Kier alpha value is -0.470. The highest BCUT2D eigenvalue weighted by Crippen LogP contribution is 2.18. The predicted molar refractivity (Wildman–Crippen MR) is 74.1 cm³/mol. The molecule has 0 saturated heterocycles. The van der Waals surface area contributed by atoms with Gasteiger partial charge in [0, 0.05) is 23.7 Å². The highest BCUT2D eigenvalue weighted by molar-refractivity contribution is 7.99. The van der Waals surface area contributed by atoms with Crippen LogP contribution in [0.3, 0.4) is 0 Å². The lowest BCUT2D eigenvalue weighted by Crippen LogP contribution is -2.30. The Balaban J connectivity index is 2.09. The Bertz CT molecular complexity index is 282. The summed E-state index contributed by atoms with van der Waals surface area (Å²) in [6, 6.07) is 10.6. The molecule has 0 aliphatic rings. The van der Waals surface area contributed by atoms with Gasteiger partial charge >= 0.3 is 0 Å². The number of rotatable bonds is 7. The summed E-state index contributed by atoms with van der Waals surface area (Å²) in [7, 11) is 0. The van der Waals surface area contributed by atoms with Gasteiger partial charge < -0.3 is 5.32 Å². The zero-order valence-corrected chi connectivity index (χ0v) is 11.4. The molecule has 0 saturated carbocycles. The number of hydrogen-bond donors (Lipinski definition) is 1. The molecule has 1 aromatic carbocycles. The molecule has 1 nitrogen and oxygen atoms in total. The van der Waals surface area contributed by atoms with Gasteiger partial charge in [-0.3, -0.25) is 0 Å². The highest BCUT2D eigenvalue weighted by atomic mass is 32.2. The van der Waals surface area contributed by atoms with Crippen LogP contribution in [0.15, 0.2) is 35.2 Å². The molecule has 2 heteroatoms. The average Bonchev–Trinajstić information content (AvgIpc) is 2.30. The van der Waals surface area contributed by atoms with Crippen LogP contribution in [0.5, 0.6) is 0 Å². The molecular formula is C14H23NS. The van der Waals surface area contributed by atoms with Crippen molar-refractivity contribution >= 4 is 11.8 Å². The minimum absolute atomic E-state index is 0.428. The number of hydrogen-bond acceptors (Lipinski definition) is 2. The molecule has 0 bridgehead atoms. The summed E-state index contributed by atoms with van der Waals surface area (Å²) in [5.74, 6) is 1.14. The summed E-state index contributed by atoms with van der Waals surface area (Å²) < 4.78 is 0. The van der Waals surface area contributed by atoms with E-state index in [0.717, 1.165) is 18.8 Å². The van der Waals surface area contributed by atoms with Crippen LogP contribution < -0.4 is 5.32 Å². The standard InChI is InChI=1S/C14H23NS/c1-4-14(2,3)12-15-10-11-16-13-8-6-5-7-9-13/h5-9,15H,4,10-12H2,1-3H3. The second kappa shape index (κ2) is 6.97. The highest BCUT2D eigenvalue weighted by Gasteiger charge is 2.13. The van der Waals surface area contributed by atoms with E-state index in [0.29, 0.717) is 5.41 Å². The summed E-state index contributed by atoms with van der Waals surface area (Å²) in [4.78, 5) is 1.36. The van der Waals surface area contributed by atoms with Gasteiger partial charge in [-0.2, -0.15) is 0 Å². The van der Waals surface area contributed by atoms with Crippen molar-refractivity contribution < 1.29 is 0 Å². The van der Waals surface area contributed by atoms with Crippen LogP contribution in [-0.2, 0) is 0 Å². The molecule has 0 aliphatic carbocycles. The van der Waals surface area contributed by atoms with Gasteiger partial charge in [-0.15, -0.1) is 11.8 Å². The normalized spacial score (nSPS) is 11.7. The topological polar surface area (TPSA) is 12.0 Å². The first kappa shape index (κ1) is 13.6. The maximum atomic E-state index is 3.53. The van der Waals surface area contributed by atoms with Crippen LogP contribution in [0, 0.1) is 5.41 Å². The van der Waals surface area contributed by atoms with Crippen molar-refractivity contribution in [3.63, 3.8) is 0 Å². The number of nitrogens with one attached hydrogen (secondary N) is 1. The van der Waals surface area contributed by atoms with Crippen molar-refractivity contribution in [2.24, 2.45) is 5.41 Å². The third-order valence-corrected chi connectivity index (χ3v) is 3.87. The molecular weight excluding hydrogens is 214 g/mol. The molecule has 0 spiro atoms. The van der Waals surface area contributed by atoms with Gasteiger partial charge in [0.1, 0.15) is 0 Å². The maximum absolute atomic E-state index is 3.53. The van der Waals surface area contributed by atoms with Gasteiger partial charge in [0.05, 0.1) is 0 Å². The fraction of sp³-hybridized carbons (Fsp3) is 0.571. The average molecular weight is 237 g/mol. The van der Waals surface area contributed by atoms with Crippen molar-refractivity contribution in [1.82, 2.24) is 5.32 Å². The van der Waals surface area contributed by atoms with Crippen molar-refractivity contribution in [2.45, 2.75) is 32.1 Å². The molecule has 16 heavy (non-hydrogen) atoms. The van der Waals surface area contributed by atoms with Crippen LogP contribution in [-0.4, -0.2) is 18.8 Å². The third-order valence-electron chi connectivity index (χ3n) is 2.85. The first-order valence-corrected chi connectivity index (χ1v) is 7.01. The van der Waals surface area contributed by atoms with Crippen LogP contribution in [0.4, 0.5) is 0 Å². The van der Waals surface area contributed by atoms with Gasteiger partial charge in [-0.25, -0.2) is 0 Å². The minimum Gasteiger partial charge on any atom is -0.315 e. The smallest absolute Gasteiger partial charge is 0.0106 e. The van der Waals surface area contributed by atoms with Crippen LogP contribution in [0.25, 0.3) is 0 Å². The van der Waals surface area contributed by atoms with Gasteiger partial charge in [-0.1, -0.05) is 39.0 Å². The Morgan fingerprint density at radius 2 is 1.88 bits per heavy atom. The third kappa shape index (κ3) is 5.57. The van der Waals surface area contributed by atoms with E-state index in [1.807, 2.05) is 11.8 Å². The molecule has 0 atom stereocenters. The fourth-order valence-electron chi connectivity index (χ4n) is 1.31.